The van der Waals surface area contributed by atoms with Gasteiger partial charge in [-0.05, 0) is 60.7 Å². The average Bonchev–Trinajstić information content (AvgIpc) is 3.11. The van der Waals surface area contributed by atoms with E-state index in [0.717, 1.165) is 4.90 Å². The number of rotatable bonds is 6. The third kappa shape index (κ3) is 4.30. The van der Waals surface area contributed by atoms with Crippen molar-refractivity contribution in [2.24, 2.45) is 0 Å². The van der Waals surface area contributed by atoms with Gasteiger partial charge in [0.05, 0.1) is 56.7 Å². The van der Waals surface area contributed by atoms with Gasteiger partial charge in [0.25, 0.3) is 11.8 Å². The van der Waals surface area contributed by atoms with E-state index < -0.39 is 11.8 Å². The van der Waals surface area contributed by atoms with Crippen LogP contribution >= 0.6 is 23.2 Å². The second-order valence-electron chi connectivity index (χ2n) is 7.80. The molecule has 8 heteroatoms. The Morgan fingerprint density at radius 2 is 1.11 bits per heavy atom. The Hall–Kier alpha value is -4.00. The number of benzene rings is 4. The lowest BCUT2D eigenvalue weighted by molar-refractivity contribution is 0.0926. The SMILES string of the molecule is COc1ccc(N2C(=O)c3cc(Nc4ccccc4Cl)c(Nc4ccccc4Cl)cc3C2=O)cc1. The quantitative estimate of drug-likeness (QED) is 0.270. The summed E-state index contributed by atoms with van der Waals surface area (Å²) in [5, 5.41) is 7.58. The second kappa shape index (κ2) is 9.33. The molecule has 174 valence electrons. The van der Waals surface area contributed by atoms with Crippen molar-refractivity contribution in [3.8, 4) is 5.75 Å². The largest absolute Gasteiger partial charge is 0.497 e. The number of nitrogens with zero attached hydrogens (tertiary/aromatic N) is 1. The van der Waals surface area contributed by atoms with E-state index in [4.69, 9.17) is 27.9 Å². The van der Waals surface area contributed by atoms with E-state index in [1.807, 2.05) is 36.4 Å². The number of ether oxygens (including phenoxy) is 1. The number of anilines is 5. The predicted molar refractivity (Wildman–Crippen MR) is 140 cm³/mol. The van der Waals surface area contributed by atoms with Crippen molar-refractivity contribution >= 4 is 63.5 Å². The van der Waals surface area contributed by atoms with Crippen LogP contribution in [-0.2, 0) is 0 Å². The summed E-state index contributed by atoms with van der Waals surface area (Å²) in [6, 6.07) is 24.6. The fourth-order valence-electron chi connectivity index (χ4n) is 3.87. The molecule has 0 aromatic heterocycles. The molecule has 0 spiro atoms. The van der Waals surface area contributed by atoms with Crippen LogP contribution < -0.4 is 20.3 Å². The Morgan fingerprint density at radius 1 is 0.657 bits per heavy atom. The van der Waals surface area contributed by atoms with Crippen molar-refractivity contribution in [3.63, 3.8) is 0 Å². The number of amides is 2. The standard InChI is InChI=1S/C27H19Cl2N3O3/c1-35-17-12-10-16(11-13-17)32-26(33)18-14-24(30-22-8-4-2-6-20(22)28)25(15-19(18)27(32)34)31-23-9-5-3-7-21(23)29/h2-15,30-31H,1H3. The highest BCUT2D eigenvalue weighted by Gasteiger charge is 2.37. The van der Waals surface area contributed by atoms with Crippen LogP contribution in [0.25, 0.3) is 0 Å². The summed E-state index contributed by atoms with van der Waals surface area (Å²) in [7, 11) is 1.55. The molecule has 6 nitrogen and oxygen atoms in total. The van der Waals surface area contributed by atoms with E-state index in [1.54, 1.807) is 55.6 Å². The van der Waals surface area contributed by atoms with Crippen LogP contribution in [0.4, 0.5) is 28.4 Å². The second-order valence-corrected chi connectivity index (χ2v) is 8.61. The van der Waals surface area contributed by atoms with Crippen LogP contribution in [-0.4, -0.2) is 18.9 Å². The number of nitrogens with one attached hydrogen (secondary N) is 2. The van der Waals surface area contributed by atoms with Gasteiger partial charge < -0.3 is 15.4 Å². The van der Waals surface area contributed by atoms with Crippen LogP contribution in [0.3, 0.4) is 0 Å². The fourth-order valence-corrected chi connectivity index (χ4v) is 4.24. The molecule has 2 amide bonds. The molecule has 0 saturated carbocycles. The summed E-state index contributed by atoms with van der Waals surface area (Å²) in [4.78, 5) is 27.8. The normalized spacial score (nSPS) is 12.5. The third-order valence-electron chi connectivity index (χ3n) is 5.64. The molecule has 0 aliphatic carbocycles. The van der Waals surface area contributed by atoms with Crippen LogP contribution in [0.1, 0.15) is 20.7 Å². The molecule has 0 radical (unpaired) electrons. The molecule has 2 N–H and O–H groups in total. The smallest absolute Gasteiger partial charge is 0.266 e. The zero-order chi connectivity index (χ0) is 24.5. The number of carbonyl (C=O) groups excluding carboxylic acids is 2. The summed E-state index contributed by atoms with van der Waals surface area (Å²) in [5.74, 6) is -0.203. The summed E-state index contributed by atoms with van der Waals surface area (Å²) in [6.07, 6.45) is 0. The summed E-state index contributed by atoms with van der Waals surface area (Å²) in [5.41, 5.74) is 3.46. The Balaban J connectivity index is 1.59. The Labute approximate surface area is 212 Å². The summed E-state index contributed by atoms with van der Waals surface area (Å²) in [6.45, 7) is 0. The molecular formula is C27H19Cl2N3O3. The number of fused-ring (bicyclic) bond motifs is 1. The highest BCUT2D eigenvalue weighted by molar-refractivity contribution is 6.36. The number of hydrogen-bond donors (Lipinski definition) is 2. The minimum Gasteiger partial charge on any atom is -0.497 e. The van der Waals surface area contributed by atoms with Crippen molar-refractivity contribution in [1.82, 2.24) is 0 Å². The van der Waals surface area contributed by atoms with E-state index in [9.17, 15) is 9.59 Å². The first kappa shape index (κ1) is 22.8. The van der Waals surface area contributed by atoms with Crippen molar-refractivity contribution < 1.29 is 14.3 Å². The summed E-state index contributed by atoms with van der Waals surface area (Å²) >= 11 is 12.7. The molecule has 0 atom stereocenters. The van der Waals surface area contributed by atoms with Crippen molar-refractivity contribution in [2.75, 3.05) is 22.6 Å². The van der Waals surface area contributed by atoms with Gasteiger partial charge in [0.15, 0.2) is 0 Å². The average molecular weight is 504 g/mol. The number of para-hydroxylation sites is 2. The lowest BCUT2D eigenvalue weighted by Gasteiger charge is -2.16. The monoisotopic (exact) mass is 503 g/mol. The number of hydrogen-bond acceptors (Lipinski definition) is 5. The number of halogens is 2. The zero-order valence-electron chi connectivity index (χ0n) is 18.5. The zero-order valence-corrected chi connectivity index (χ0v) is 20.0. The Kier molecular flexibility index (Phi) is 6.07. The lowest BCUT2D eigenvalue weighted by atomic mass is 10.1. The third-order valence-corrected chi connectivity index (χ3v) is 6.30. The van der Waals surface area contributed by atoms with Gasteiger partial charge in [-0.3, -0.25) is 9.59 Å². The van der Waals surface area contributed by atoms with Crippen LogP contribution in [0, 0.1) is 0 Å². The molecule has 0 unspecified atom stereocenters. The Bertz CT molecular complexity index is 1370. The minimum atomic E-state index is -0.415. The molecule has 1 heterocycles. The number of imide groups is 1. The molecule has 4 aromatic carbocycles. The van der Waals surface area contributed by atoms with Crippen LogP contribution in [0.5, 0.6) is 5.75 Å². The van der Waals surface area contributed by atoms with E-state index in [2.05, 4.69) is 10.6 Å². The van der Waals surface area contributed by atoms with Gasteiger partial charge in [-0.2, -0.15) is 0 Å². The highest BCUT2D eigenvalue weighted by Crippen LogP contribution is 2.39. The first-order valence-corrected chi connectivity index (χ1v) is 11.5. The van der Waals surface area contributed by atoms with Crippen LogP contribution in [0.2, 0.25) is 10.0 Å². The van der Waals surface area contributed by atoms with E-state index >= 15 is 0 Å². The first-order chi connectivity index (χ1) is 17.0. The molecule has 0 fully saturated rings. The number of methoxy groups -OCH3 is 1. The molecule has 35 heavy (non-hydrogen) atoms. The van der Waals surface area contributed by atoms with E-state index in [-0.39, 0.29) is 11.1 Å². The van der Waals surface area contributed by atoms with Gasteiger partial charge in [-0.15, -0.1) is 0 Å². The van der Waals surface area contributed by atoms with Gasteiger partial charge in [0.1, 0.15) is 5.75 Å². The minimum absolute atomic E-state index is 0.282. The van der Waals surface area contributed by atoms with Gasteiger partial charge in [-0.1, -0.05) is 47.5 Å². The first-order valence-electron chi connectivity index (χ1n) is 10.7. The summed E-state index contributed by atoms with van der Waals surface area (Å²) < 4.78 is 5.18. The fraction of sp³-hybridized carbons (Fsp3) is 0.0370. The van der Waals surface area contributed by atoms with E-state index in [0.29, 0.717) is 44.2 Å². The Morgan fingerprint density at radius 3 is 1.54 bits per heavy atom. The molecular weight excluding hydrogens is 485 g/mol. The molecule has 5 rings (SSSR count). The lowest BCUT2D eigenvalue weighted by Crippen LogP contribution is -2.29. The maximum Gasteiger partial charge on any atom is 0.266 e. The maximum atomic E-state index is 13.3. The van der Waals surface area contributed by atoms with E-state index in [1.165, 1.54) is 0 Å². The van der Waals surface area contributed by atoms with Crippen molar-refractivity contribution in [1.29, 1.82) is 0 Å². The molecule has 0 bridgehead atoms. The van der Waals surface area contributed by atoms with Crippen LogP contribution in [0.15, 0.2) is 84.9 Å². The van der Waals surface area contributed by atoms with Gasteiger partial charge in [-0.25, -0.2) is 4.90 Å². The number of carbonyl (C=O) groups is 2. The molecule has 1 aliphatic rings. The molecule has 0 saturated heterocycles. The van der Waals surface area contributed by atoms with Gasteiger partial charge >= 0.3 is 0 Å². The van der Waals surface area contributed by atoms with Gasteiger partial charge in [0.2, 0.25) is 0 Å². The molecule has 1 aliphatic heterocycles. The van der Waals surface area contributed by atoms with Crippen molar-refractivity contribution in [3.05, 3.63) is 106 Å². The maximum absolute atomic E-state index is 13.3. The molecule has 4 aromatic rings. The predicted octanol–water partition coefficient (Wildman–Crippen LogP) is 7.29. The van der Waals surface area contributed by atoms with Crippen molar-refractivity contribution in [2.45, 2.75) is 0 Å². The highest BCUT2D eigenvalue weighted by atomic mass is 35.5. The topological polar surface area (TPSA) is 70.7 Å². The van der Waals surface area contributed by atoms with Gasteiger partial charge in [0, 0.05) is 0 Å².